The minimum Gasteiger partial charge on any atom is -0.356 e. The van der Waals surface area contributed by atoms with Crippen molar-refractivity contribution in [2.24, 2.45) is 16.8 Å². The number of rotatable bonds is 7. The van der Waals surface area contributed by atoms with E-state index in [1.165, 1.54) is 42.4 Å². The Morgan fingerprint density at radius 3 is 2.54 bits per heavy atom. The van der Waals surface area contributed by atoms with Gasteiger partial charge in [-0.15, -0.1) is 0 Å². The van der Waals surface area contributed by atoms with E-state index >= 15 is 0 Å². The van der Waals surface area contributed by atoms with Crippen molar-refractivity contribution in [1.82, 2.24) is 29.7 Å². The number of carbonyl (C=O) groups is 4. The number of fused-ring (bicyclic) bond motifs is 2. The van der Waals surface area contributed by atoms with Crippen molar-refractivity contribution in [1.29, 1.82) is 0 Å². The topological polar surface area (TPSA) is 144 Å². The Labute approximate surface area is 233 Å². The van der Waals surface area contributed by atoms with Gasteiger partial charge in [-0.2, -0.15) is 0 Å². The highest BCUT2D eigenvalue weighted by Crippen LogP contribution is 2.59. The summed E-state index contributed by atoms with van der Waals surface area (Å²) in [6, 6.07) is 2.52. The third-order valence-corrected chi connectivity index (χ3v) is 8.05. The zero-order valence-corrected chi connectivity index (χ0v) is 22.4. The number of amides is 4. The number of alkyl halides is 2. The number of hydrogen-bond acceptors (Lipinski definition) is 10. The highest BCUT2D eigenvalue weighted by molar-refractivity contribution is 6.05. The van der Waals surface area contributed by atoms with Crippen LogP contribution in [-0.2, 0) is 14.4 Å². The predicted octanol–water partition coefficient (Wildman–Crippen LogP) is 1.09. The fourth-order valence-corrected chi connectivity index (χ4v) is 5.62. The second kappa shape index (κ2) is 9.52. The molecule has 0 spiro atoms. The summed E-state index contributed by atoms with van der Waals surface area (Å²) in [6.45, 7) is 3.05. The van der Waals surface area contributed by atoms with Crippen molar-refractivity contribution < 1.29 is 28.0 Å². The standard InChI is InChI=1S/C26H27F2N9O4/c1-13(38)9-36-24(40)20-22(34(3)25(36)41)31-12-37(20)14(2)23(39)33-18-6-7-29-21(32-18)15-4-5-19(30-8-15)35-10-16-17(11-35)26(16,27)28/h4-8,12,14,16-17,20,22H,9-11H2,1-3H3,(H,29,32,33,39)/t14-,16?,17?,20?,22?/m0/s1. The minimum absolute atomic E-state index is 0.214. The molecule has 15 heteroatoms. The second-order valence-corrected chi connectivity index (χ2v) is 10.7. The molecule has 1 aliphatic carbocycles. The summed E-state index contributed by atoms with van der Waals surface area (Å²) in [5, 5.41) is 2.72. The number of nitrogens with zero attached hydrogens (tertiary/aromatic N) is 8. The third-order valence-electron chi connectivity index (χ3n) is 8.05. The van der Waals surface area contributed by atoms with Crippen LogP contribution in [0.5, 0.6) is 0 Å². The van der Waals surface area contributed by atoms with Crippen LogP contribution in [0.2, 0.25) is 0 Å². The maximum absolute atomic E-state index is 13.5. The van der Waals surface area contributed by atoms with Gasteiger partial charge in [0, 0.05) is 38.1 Å². The van der Waals surface area contributed by atoms with E-state index in [2.05, 4.69) is 25.3 Å². The summed E-state index contributed by atoms with van der Waals surface area (Å²) in [5.41, 5.74) is 0.577. The Bertz CT molecular complexity index is 1460. The van der Waals surface area contributed by atoms with Crippen LogP contribution in [0.15, 0.2) is 35.6 Å². The maximum Gasteiger partial charge on any atom is 0.328 e. The molecule has 2 aromatic rings. The molecule has 4 amide bonds. The Hall–Kier alpha value is -4.56. The Kier molecular flexibility index (Phi) is 6.19. The molecule has 2 aromatic heterocycles. The van der Waals surface area contributed by atoms with Gasteiger partial charge in [0.2, 0.25) is 5.91 Å². The molecule has 4 unspecified atom stereocenters. The van der Waals surface area contributed by atoms with Crippen molar-refractivity contribution in [2.45, 2.75) is 38.0 Å². The summed E-state index contributed by atoms with van der Waals surface area (Å²) >= 11 is 0. The maximum atomic E-state index is 13.5. The van der Waals surface area contributed by atoms with E-state index in [0.717, 1.165) is 4.90 Å². The molecular formula is C26H27F2N9O4. The lowest BCUT2D eigenvalue weighted by Crippen LogP contribution is -2.66. The average molecular weight is 568 g/mol. The van der Waals surface area contributed by atoms with E-state index in [9.17, 15) is 28.0 Å². The van der Waals surface area contributed by atoms with Gasteiger partial charge in [-0.1, -0.05) is 0 Å². The van der Waals surface area contributed by atoms with E-state index in [1.807, 2.05) is 4.90 Å². The van der Waals surface area contributed by atoms with Gasteiger partial charge in [-0.05, 0) is 32.0 Å². The van der Waals surface area contributed by atoms with Crippen LogP contribution in [-0.4, -0.2) is 110 Å². The second-order valence-electron chi connectivity index (χ2n) is 10.7. The number of Topliss-reactive ketones (excluding diaryl/α,β-unsaturated/α-hetero) is 1. The van der Waals surface area contributed by atoms with Gasteiger partial charge in [0.05, 0.1) is 24.7 Å². The molecule has 13 nitrogen and oxygen atoms in total. The summed E-state index contributed by atoms with van der Waals surface area (Å²) < 4.78 is 27.0. The van der Waals surface area contributed by atoms with Gasteiger partial charge >= 0.3 is 6.03 Å². The summed E-state index contributed by atoms with van der Waals surface area (Å²) in [4.78, 5) is 73.4. The van der Waals surface area contributed by atoms with E-state index < -0.39 is 53.9 Å². The average Bonchev–Trinajstić information content (AvgIpc) is 3.38. The number of pyridine rings is 1. The van der Waals surface area contributed by atoms with E-state index in [0.29, 0.717) is 17.2 Å². The largest absolute Gasteiger partial charge is 0.356 e. The number of nitrogens with one attached hydrogen (secondary N) is 1. The molecule has 1 saturated carbocycles. The number of aliphatic imine (C=N–C) groups is 1. The number of urea groups is 1. The van der Waals surface area contributed by atoms with Crippen LogP contribution in [0, 0.1) is 11.8 Å². The number of piperidine rings is 1. The first-order chi connectivity index (χ1) is 19.5. The first kappa shape index (κ1) is 26.7. The van der Waals surface area contributed by atoms with Crippen molar-refractivity contribution in [3.05, 3.63) is 30.6 Å². The van der Waals surface area contributed by atoms with E-state index in [4.69, 9.17) is 0 Å². The van der Waals surface area contributed by atoms with Crippen molar-refractivity contribution >= 4 is 41.6 Å². The molecule has 5 atom stereocenters. The number of imide groups is 1. The molecule has 4 aliphatic rings. The highest BCUT2D eigenvalue weighted by Gasteiger charge is 2.71. The van der Waals surface area contributed by atoms with Gasteiger partial charge in [0.25, 0.3) is 11.8 Å². The summed E-state index contributed by atoms with van der Waals surface area (Å²) in [5.74, 6) is -4.09. The number of anilines is 2. The van der Waals surface area contributed by atoms with Crippen LogP contribution in [0.3, 0.4) is 0 Å². The molecule has 3 fully saturated rings. The van der Waals surface area contributed by atoms with Crippen LogP contribution in [0.4, 0.5) is 25.2 Å². The smallest absolute Gasteiger partial charge is 0.328 e. The van der Waals surface area contributed by atoms with Crippen LogP contribution in [0.25, 0.3) is 11.4 Å². The van der Waals surface area contributed by atoms with Crippen LogP contribution in [0.1, 0.15) is 13.8 Å². The fraction of sp³-hybridized carbons (Fsp3) is 0.462. The van der Waals surface area contributed by atoms with Crippen LogP contribution < -0.4 is 10.2 Å². The predicted molar refractivity (Wildman–Crippen MR) is 141 cm³/mol. The first-order valence-corrected chi connectivity index (χ1v) is 13.1. The van der Waals surface area contributed by atoms with E-state index in [-0.39, 0.29) is 31.2 Å². The van der Waals surface area contributed by atoms with Crippen molar-refractivity contribution in [2.75, 3.05) is 36.9 Å². The highest BCUT2D eigenvalue weighted by atomic mass is 19.3. The van der Waals surface area contributed by atoms with Gasteiger partial charge in [-0.25, -0.2) is 33.5 Å². The minimum atomic E-state index is -2.56. The molecule has 0 aromatic carbocycles. The number of carbonyl (C=O) groups excluding carboxylic acids is 4. The molecule has 5 heterocycles. The molecule has 6 rings (SSSR count). The lowest BCUT2D eigenvalue weighted by molar-refractivity contribution is -0.141. The molecule has 214 valence electrons. The molecule has 1 N–H and O–H groups in total. The quantitative estimate of drug-likeness (QED) is 0.520. The zero-order chi connectivity index (χ0) is 29.2. The molecule has 41 heavy (non-hydrogen) atoms. The number of likely N-dealkylation sites (N-methyl/N-ethyl adjacent to an activating group) is 1. The van der Waals surface area contributed by atoms with Crippen LogP contribution >= 0.6 is 0 Å². The summed E-state index contributed by atoms with van der Waals surface area (Å²) in [7, 11) is 1.49. The van der Waals surface area contributed by atoms with Crippen molar-refractivity contribution in [3.8, 4) is 11.4 Å². The Balaban J connectivity index is 1.12. The number of halogens is 2. The van der Waals surface area contributed by atoms with Gasteiger partial charge < -0.3 is 20.0 Å². The Morgan fingerprint density at radius 2 is 1.88 bits per heavy atom. The molecular weight excluding hydrogens is 540 g/mol. The first-order valence-electron chi connectivity index (χ1n) is 13.1. The Morgan fingerprint density at radius 1 is 1.15 bits per heavy atom. The lowest BCUT2D eigenvalue weighted by Gasteiger charge is -2.41. The molecule has 0 bridgehead atoms. The molecule has 3 aliphatic heterocycles. The monoisotopic (exact) mass is 567 g/mol. The lowest BCUT2D eigenvalue weighted by atomic mass is 10.1. The van der Waals surface area contributed by atoms with E-state index in [1.54, 1.807) is 25.3 Å². The molecule has 2 saturated heterocycles. The normalized spacial score (nSPS) is 26.7. The fourth-order valence-electron chi connectivity index (χ4n) is 5.62. The van der Waals surface area contributed by atoms with Crippen molar-refractivity contribution in [3.63, 3.8) is 0 Å². The zero-order valence-electron chi connectivity index (χ0n) is 22.4. The number of hydrogen-bond donors (Lipinski definition) is 1. The summed E-state index contributed by atoms with van der Waals surface area (Å²) in [6.07, 6.45) is 3.58. The number of ketones is 1. The number of aromatic nitrogens is 3. The SMILES string of the molecule is CC(=O)CN1C(=O)C2C(N=CN2[C@@H](C)C(=O)Nc2ccnc(-c3ccc(N4CC5C(C4)C5(F)F)nc3)n2)N(C)C1=O. The molecule has 0 radical (unpaired) electrons. The van der Waals surface area contributed by atoms with Gasteiger partial charge in [0.15, 0.2) is 18.0 Å². The third kappa shape index (κ3) is 4.44. The van der Waals surface area contributed by atoms with Gasteiger partial charge in [0.1, 0.15) is 23.5 Å². The van der Waals surface area contributed by atoms with Gasteiger partial charge in [-0.3, -0.25) is 19.3 Å².